The van der Waals surface area contributed by atoms with Crippen LogP contribution in [0.15, 0.2) is 6.07 Å². The minimum absolute atomic E-state index is 0.0221. The number of nitrogens with one attached hydrogen (secondary N) is 1. The summed E-state index contributed by atoms with van der Waals surface area (Å²) in [4.78, 5) is 23.5. The van der Waals surface area contributed by atoms with Gasteiger partial charge in [0.25, 0.3) is 11.6 Å². The lowest BCUT2D eigenvalue weighted by atomic mass is 10.3. The molecular weight excluding hydrogens is 306 g/mol. The predicted octanol–water partition coefficient (Wildman–Crippen LogP) is 1.99. The number of rotatable bonds is 4. The average molecular weight is 321 g/mol. The number of fused-ring (bicyclic) bond motifs is 1. The van der Waals surface area contributed by atoms with E-state index in [1.165, 1.54) is 6.07 Å². The van der Waals surface area contributed by atoms with Gasteiger partial charge < -0.3 is 9.88 Å². The summed E-state index contributed by atoms with van der Waals surface area (Å²) in [5.74, 6) is 1.34. The molecule has 9 heteroatoms. The smallest absolute Gasteiger partial charge is 0.283 e. The van der Waals surface area contributed by atoms with E-state index < -0.39 is 4.92 Å². The highest BCUT2D eigenvalue weighted by Gasteiger charge is 2.24. The number of aromatic nitrogens is 3. The number of carbonyl (C=O) groups excluding carboxylic acids is 1. The Hall–Kier alpha value is -2.29. The van der Waals surface area contributed by atoms with Crippen molar-refractivity contribution in [1.82, 2.24) is 20.1 Å². The Bertz CT molecular complexity index is 751. The van der Waals surface area contributed by atoms with Crippen LogP contribution >= 0.6 is 11.3 Å². The van der Waals surface area contributed by atoms with Gasteiger partial charge in [0.05, 0.1) is 20.7 Å². The van der Waals surface area contributed by atoms with Gasteiger partial charge in [0.15, 0.2) is 5.82 Å². The van der Waals surface area contributed by atoms with Crippen LogP contribution in [0.2, 0.25) is 0 Å². The van der Waals surface area contributed by atoms with Gasteiger partial charge in [0.1, 0.15) is 5.82 Å². The number of nitrogens with zero attached hydrogens (tertiary/aromatic N) is 4. The molecule has 3 rings (SSSR count). The van der Waals surface area contributed by atoms with Gasteiger partial charge in [-0.2, -0.15) is 0 Å². The summed E-state index contributed by atoms with van der Waals surface area (Å²) in [6.07, 6.45) is 1.94. The molecule has 0 aromatic carbocycles. The van der Waals surface area contributed by atoms with Crippen molar-refractivity contribution in [3.8, 4) is 0 Å². The topological polar surface area (TPSA) is 103 Å². The highest BCUT2D eigenvalue weighted by Crippen LogP contribution is 2.28. The Morgan fingerprint density at radius 1 is 1.55 bits per heavy atom. The van der Waals surface area contributed by atoms with Crippen LogP contribution in [-0.2, 0) is 13.0 Å². The third-order valence-corrected chi connectivity index (χ3v) is 4.72. The number of hydrogen-bond donors (Lipinski definition) is 1. The van der Waals surface area contributed by atoms with Gasteiger partial charge in [-0.15, -0.1) is 21.5 Å². The molecule has 0 saturated heterocycles. The summed E-state index contributed by atoms with van der Waals surface area (Å²) in [7, 11) is 0. The molecule has 22 heavy (non-hydrogen) atoms. The molecule has 2 aromatic rings. The fraction of sp³-hybridized carbons (Fsp3) is 0.462. The van der Waals surface area contributed by atoms with Gasteiger partial charge >= 0.3 is 0 Å². The molecule has 8 nitrogen and oxygen atoms in total. The summed E-state index contributed by atoms with van der Waals surface area (Å²) in [5.41, 5.74) is -0.0221. The number of nitro groups is 1. The zero-order valence-electron chi connectivity index (χ0n) is 12.2. The van der Waals surface area contributed by atoms with E-state index in [4.69, 9.17) is 0 Å². The first-order valence-electron chi connectivity index (χ1n) is 6.95. The maximum Gasteiger partial charge on any atom is 0.283 e. The molecule has 0 saturated carbocycles. The zero-order valence-corrected chi connectivity index (χ0v) is 13.0. The van der Waals surface area contributed by atoms with E-state index in [0.717, 1.165) is 42.4 Å². The highest BCUT2D eigenvalue weighted by atomic mass is 32.1. The van der Waals surface area contributed by atoms with Crippen LogP contribution < -0.4 is 5.32 Å². The van der Waals surface area contributed by atoms with Crippen molar-refractivity contribution in [3.05, 3.63) is 37.6 Å². The SMILES string of the molecule is Cc1sc(C(=O)NC(C)c2nnc3n2CCC3)cc1[N+](=O)[O-]. The molecular formula is C13H15N5O3S. The second-order valence-corrected chi connectivity index (χ2v) is 6.49. The molecule has 1 aliphatic heterocycles. The lowest BCUT2D eigenvalue weighted by Gasteiger charge is -2.13. The Morgan fingerprint density at radius 2 is 2.32 bits per heavy atom. The maximum atomic E-state index is 12.3. The van der Waals surface area contributed by atoms with Gasteiger partial charge in [-0.25, -0.2) is 0 Å². The summed E-state index contributed by atoms with van der Waals surface area (Å²) in [6, 6.07) is 1.02. The van der Waals surface area contributed by atoms with Gasteiger partial charge in [-0.05, 0) is 20.3 Å². The third kappa shape index (κ3) is 2.47. The van der Waals surface area contributed by atoms with Crippen LogP contribution in [0.5, 0.6) is 0 Å². The van der Waals surface area contributed by atoms with Crippen LogP contribution in [0.1, 0.15) is 45.6 Å². The Kier molecular flexibility index (Phi) is 3.65. The lowest BCUT2D eigenvalue weighted by Crippen LogP contribution is -2.28. The van der Waals surface area contributed by atoms with E-state index in [1.807, 2.05) is 11.5 Å². The molecule has 1 amide bonds. The van der Waals surface area contributed by atoms with E-state index in [2.05, 4.69) is 15.5 Å². The first-order chi connectivity index (χ1) is 10.5. The van der Waals surface area contributed by atoms with Crippen molar-refractivity contribution in [2.45, 2.75) is 39.3 Å². The van der Waals surface area contributed by atoms with E-state index in [0.29, 0.717) is 9.75 Å². The standard InChI is InChI=1S/C13H15N5O3S/c1-7(12-16-15-11-4-3-5-17(11)12)14-13(19)10-6-9(18(20)21)8(2)22-10/h6-7H,3-5H2,1-2H3,(H,14,19). The maximum absolute atomic E-state index is 12.3. The molecule has 0 aliphatic carbocycles. The Labute approximate surface area is 130 Å². The number of amides is 1. The van der Waals surface area contributed by atoms with Gasteiger partial charge in [-0.3, -0.25) is 14.9 Å². The minimum Gasteiger partial charge on any atom is -0.342 e. The van der Waals surface area contributed by atoms with Crippen LogP contribution in [-0.4, -0.2) is 25.6 Å². The largest absolute Gasteiger partial charge is 0.342 e. The van der Waals surface area contributed by atoms with E-state index >= 15 is 0 Å². The Balaban J connectivity index is 1.76. The lowest BCUT2D eigenvalue weighted by molar-refractivity contribution is -0.385. The minimum atomic E-state index is -0.475. The van der Waals surface area contributed by atoms with Gasteiger partial charge in [-0.1, -0.05) is 0 Å². The summed E-state index contributed by atoms with van der Waals surface area (Å²) in [5, 5.41) is 21.9. The predicted molar refractivity (Wildman–Crippen MR) is 79.9 cm³/mol. The fourth-order valence-electron chi connectivity index (χ4n) is 2.59. The van der Waals surface area contributed by atoms with Crippen molar-refractivity contribution in [2.75, 3.05) is 0 Å². The summed E-state index contributed by atoms with van der Waals surface area (Å²) in [6.45, 7) is 4.33. The third-order valence-electron chi connectivity index (χ3n) is 3.69. The first-order valence-corrected chi connectivity index (χ1v) is 7.76. The molecule has 3 heterocycles. The molecule has 0 radical (unpaired) electrons. The van der Waals surface area contributed by atoms with Gasteiger partial charge in [0, 0.05) is 19.0 Å². The molecule has 1 N–H and O–H groups in total. The molecule has 2 aromatic heterocycles. The second-order valence-electron chi connectivity index (χ2n) is 5.23. The first kappa shape index (κ1) is 14.6. The molecule has 116 valence electrons. The average Bonchev–Trinajstić information content (AvgIpc) is 3.11. The number of carbonyl (C=O) groups is 1. The highest BCUT2D eigenvalue weighted by molar-refractivity contribution is 7.14. The van der Waals surface area contributed by atoms with Gasteiger partial charge in [0.2, 0.25) is 0 Å². The summed E-state index contributed by atoms with van der Waals surface area (Å²) >= 11 is 1.12. The van der Waals surface area contributed by atoms with Crippen LogP contribution in [0, 0.1) is 17.0 Å². The number of aryl methyl sites for hydroxylation is 2. The van der Waals surface area contributed by atoms with Crippen LogP contribution in [0.3, 0.4) is 0 Å². The molecule has 0 spiro atoms. The van der Waals surface area contributed by atoms with E-state index in [-0.39, 0.29) is 17.6 Å². The van der Waals surface area contributed by atoms with Crippen molar-refractivity contribution in [3.63, 3.8) is 0 Å². The second kappa shape index (κ2) is 5.48. The van der Waals surface area contributed by atoms with E-state index in [9.17, 15) is 14.9 Å². The van der Waals surface area contributed by atoms with Crippen LogP contribution in [0.4, 0.5) is 5.69 Å². The fourth-order valence-corrected chi connectivity index (χ4v) is 3.48. The monoisotopic (exact) mass is 321 g/mol. The molecule has 1 aliphatic rings. The number of thiophene rings is 1. The molecule has 1 atom stereocenters. The van der Waals surface area contributed by atoms with Crippen molar-refractivity contribution < 1.29 is 9.72 Å². The number of hydrogen-bond acceptors (Lipinski definition) is 6. The molecule has 0 fully saturated rings. The Morgan fingerprint density at radius 3 is 3.00 bits per heavy atom. The summed E-state index contributed by atoms with van der Waals surface area (Å²) < 4.78 is 2.02. The molecule has 0 bridgehead atoms. The van der Waals surface area contributed by atoms with E-state index in [1.54, 1.807) is 6.92 Å². The zero-order chi connectivity index (χ0) is 15.9. The van der Waals surface area contributed by atoms with Crippen molar-refractivity contribution >= 4 is 22.9 Å². The van der Waals surface area contributed by atoms with Crippen LogP contribution in [0.25, 0.3) is 0 Å². The normalized spacial score (nSPS) is 14.6. The van der Waals surface area contributed by atoms with Crippen molar-refractivity contribution in [2.24, 2.45) is 0 Å². The molecule has 1 unspecified atom stereocenters. The quantitative estimate of drug-likeness (QED) is 0.685. The van der Waals surface area contributed by atoms with Crippen molar-refractivity contribution in [1.29, 1.82) is 0 Å².